The summed E-state index contributed by atoms with van der Waals surface area (Å²) in [5.41, 5.74) is 2.01. The van der Waals surface area contributed by atoms with E-state index in [0.29, 0.717) is 12.8 Å². The van der Waals surface area contributed by atoms with Crippen molar-refractivity contribution in [2.45, 2.75) is 19.4 Å². The molecule has 4 nitrogen and oxygen atoms in total. The molecule has 1 aliphatic rings. The van der Waals surface area contributed by atoms with Crippen LogP contribution in [0.5, 0.6) is 0 Å². The quantitative estimate of drug-likeness (QED) is 0.887. The van der Waals surface area contributed by atoms with Gasteiger partial charge in [-0.3, -0.25) is 4.79 Å². The number of nitrogens with zero attached hydrogens (tertiary/aromatic N) is 2. The number of thiophene rings is 1. The summed E-state index contributed by atoms with van der Waals surface area (Å²) in [6, 6.07) is 4.02. The van der Waals surface area contributed by atoms with Crippen molar-refractivity contribution in [2.75, 3.05) is 0 Å². The second-order valence-corrected chi connectivity index (χ2v) is 5.19. The highest BCUT2D eigenvalue weighted by Gasteiger charge is 2.27. The Kier molecular flexibility index (Phi) is 2.48. The number of imidazole rings is 1. The predicted molar refractivity (Wildman–Crippen MR) is 65.0 cm³/mol. The van der Waals surface area contributed by atoms with E-state index in [0.717, 1.165) is 22.8 Å². The lowest BCUT2D eigenvalue weighted by atomic mass is 9.95. The fourth-order valence-corrected chi connectivity index (χ4v) is 3.02. The lowest BCUT2D eigenvalue weighted by molar-refractivity contribution is -0.142. The Bertz CT molecular complexity index is 545. The van der Waals surface area contributed by atoms with Crippen LogP contribution >= 0.6 is 11.3 Å². The topological polar surface area (TPSA) is 55.1 Å². The van der Waals surface area contributed by atoms with E-state index in [1.165, 1.54) is 0 Å². The van der Waals surface area contributed by atoms with Crippen LogP contribution in [-0.4, -0.2) is 20.6 Å². The zero-order chi connectivity index (χ0) is 11.8. The summed E-state index contributed by atoms with van der Waals surface area (Å²) >= 11 is 1.64. The van der Waals surface area contributed by atoms with Gasteiger partial charge >= 0.3 is 5.97 Å². The molecule has 3 heterocycles. The van der Waals surface area contributed by atoms with Crippen LogP contribution in [0.1, 0.15) is 12.1 Å². The molecule has 0 fully saturated rings. The molecule has 0 radical (unpaired) electrons. The summed E-state index contributed by atoms with van der Waals surface area (Å²) < 4.78 is 2.08. The van der Waals surface area contributed by atoms with Gasteiger partial charge in [0.25, 0.3) is 0 Å². The highest BCUT2D eigenvalue weighted by atomic mass is 32.1. The van der Waals surface area contributed by atoms with Gasteiger partial charge in [-0.25, -0.2) is 4.98 Å². The number of aryl methyl sites for hydroxylation is 1. The van der Waals surface area contributed by atoms with Gasteiger partial charge in [0.05, 0.1) is 17.1 Å². The zero-order valence-corrected chi connectivity index (χ0v) is 9.98. The Morgan fingerprint density at radius 2 is 2.47 bits per heavy atom. The van der Waals surface area contributed by atoms with Gasteiger partial charge in [-0.15, -0.1) is 11.3 Å². The number of aromatic nitrogens is 2. The normalized spacial score (nSPS) is 18.9. The minimum atomic E-state index is -0.699. The monoisotopic (exact) mass is 248 g/mol. The summed E-state index contributed by atoms with van der Waals surface area (Å²) in [5, 5.41) is 11.1. The largest absolute Gasteiger partial charge is 0.481 e. The molecule has 0 saturated heterocycles. The Morgan fingerprint density at radius 3 is 3.18 bits per heavy atom. The number of carboxylic acid groups (broad SMARTS) is 1. The second kappa shape index (κ2) is 4.00. The van der Waals surface area contributed by atoms with E-state index in [9.17, 15) is 4.79 Å². The fraction of sp³-hybridized carbons (Fsp3) is 0.333. The Labute approximate surface area is 103 Å². The van der Waals surface area contributed by atoms with Crippen LogP contribution in [0, 0.1) is 5.92 Å². The SMILES string of the molecule is O=C(O)C1CCn2cnc(-c3cccs3)c2C1. The summed E-state index contributed by atoms with van der Waals surface area (Å²) in [6.07, 6.45) is 3.10. The van der Waals surface area contributed by atoms with Gasteiger partial charge < -0.3 is 9.67 Å². The molecule has 88 valence electrons. The average molecular weight is 248 g/mol. The number of hydrogen-bond acceptors (Lipinski definition) is 3. The van der Waals surface area contributed by atoms with E-state index in [1.54, 1.807) is 11.3 Å². The second-order valence-electron chi connectivity index (χ2n) is 4.24. The molecule has 17 heavy (non-hydrogen) atoms. The van der Waals surface area contributed by atoms with E-state index >= 15 is 0 Å². The molecule has 1 atom stereocenters. The number of carbonyl (C=O) groups is 1. The van der Waals surface area contributed by atoms with E-state index in [2.05, 4.69) is 9.55 Å². The number of fused-ring (bicyclic) bond motifs is 1. The highest BCUT2D eigenvalue weighted by Crippen LogP contribution is 2.31. The first kappa shape index (κ1) is 10.5. The minimum absolute atomic E-state index is 0.266. The molecule has 1 unspecified atom stereocenters. The summed E-state index contributed by atoms with van der Waals surface area (Å²) in [4.78, 5) is 16.6. The van der Waals surface area contributed by atoms with E-state index in [-0.39, 0.29) is 5.92 Å². The van der Waals surface area contributed by atoms with Crippen LogP contribution in [0.15, 0.2) is 23.8 Å². The summed E-state index contributed by atoms with van der Waals surface area (Å²) in [5.74, 6) is -0.965. The maximum atomic E-state index is 11.1. The molecule has 0 aliphatic carbocycles. The Balaban J connectivity index is 2.00. The zero-order valence-electron chi connectivity index (χ0n) is 9.17. The van der Waals surface area contributed by atoms with Crippen molar-refractivity contribution in [2.24, 2.45) is 5.92 Å². The van der Waals surface area contributed by atoms with Crippen molar-refractivity contribution >= 4 is 17.3 Å². The molecule has 0 amide bonds. The van der Waals surface area contributed by atoms with Crippen LogP contribution in [0.3, 0.4) is 0 Å². The lowest BCUT2D eigenvalue weighted by Crippen LogP contribution is -2.25. The first-order chi connectivity index (χ1) is 8.25. The molecule has 1 N–H and O–H groups in total. The molecule has 5 heteroatoms. The van der Waals surface area contributed by atoms with Crippen molar-refractivity contribution in [1.82, 2.24) is 9.55 Å². The number of aliphatic carboxylic acids is 1. The van der Waals surface area contributed by atoms with Crippen molar-refractivity contribution in [3.05, 3.63) is 29.5 Å². The van der Waals surface area contributed by atoms with E-state index in [4.69, 9.17) is 5.11 Å². The molecule has 0 saturated carbocycles. The standard InChI is InChI=1S/C12H12N2O2S/c15-12(16)8-3-4-14-7-13-11(9(14)6-8)10-2-1-5-17-10/h1-2,5,7-8H,3-4,6H2,(H,15,16). The van der Waals surface area contributed by atoms with Gasteiger partial charge in [0.1, 0.15) is 5.69 Å². The van der Waals surface area contributed by atoms with Crippen molar-refractivity contribution in [3.63, 3.8) is 0 Å². The van der Waals surface area contributed by atoms with Gasteiger partial charge in [0.15, 0.2) is 0 Å². The molecular weight excluding hydrogens is 236 g/mol. The third-order valence-electron chi connectivity index (χ3n) is 3.21. The van der Waals surface area contributed by atoms with E-state index in [1.807, 2.05) is 23.8 Å². The smallest absolute Gasteiger partial charge is 0.306 e. The van der Waals surface area contributed by atoms with Crippen LogP contribution in [-0.2, 0) is 17.8 Å². The third-order valence-corrected chi connectivity index (χ3v) is 4.08. The maximum Gasteiger partial charge on any atom is 0.306 e. The minimum Gasteiger partial charge on any atom is -0.481 e. The Morgan fingerprint density at radius 1 is 1.59 bits per heavy atom. The highest BCUT2D eigenvalue weighted by molar-refractivity contribution is 7.13. The van der Waals surface area contributed by atoms with Gasteiger partial charge in [0.2, 0.25) is 0 Å². The Hall–Kier alpha value is -1.62. The van der Waals surface area contributed by atoms with Crippen LogP contribution in [0.2, 0.25) is 0 Å². The van der Waals surface area contributed by atoms with Crippen molar-refractivity contribution < 1.29 is 9.90 Å². The fourth-order valence-electron chi connectivity index (χ4n) is 2.27. The van der Waals surface area contributed by atoms with Gasteiger partial charge in [-0.2, -0.15) is 0 Å². The number of hydrogen-bond donors (Lipinski definition) is 1. The molecule has 0 spiro atoms. The molecule has 0 aromatic carbocycles. The molecular formula is C12H12N2O2S. The van der Waals surface area contributed by atoms with Gasteiger partial charge in [-0.1, -0.05) is 6.07 Å². The number of carboxylic acids is 1. The first-order valence-corrected chi connectivity index (χ1v) is 6.44. The summed E-state index contributed by atoms with van der Waals surface area (Å²) in [7, 11) is 0. The van der Waals surface area contributed by atoms with Gasteiger partial charge in [-0.05, 0) is 17.9 Å². The lowest BCUT2D eigenvalue weighted by Gasteiger charge is -2.21. The molecule has 0 bridgehead atoms. The van der Waals surface area contributed by atoms with Crippen molar-refractivity contribution in [3.8, 4) is 10.6 Å². The van der Waals surface area contributed by atoms with E-state index < -0.39 is 5.97 Å². The molecule has 2 aromatic rings. The van der Waals surface area contributed by atoms with Crippen molar-refractivity contribution in [1.29, 1.82) is 0 Å². The first-order valence-electron chi connectivity index (χ1n) is 5.56. The average Bonchev–Trinajstić information content (AvgIpc) is 2.96. The molecule has 2 aromatic heterocycles. The van der Waals surface area contributed by atoms with Crippen LogP contribution < -0.4 is 0 Å². The van der Waals surface area contributed by atoms with Crippen LogP contribution in [0.25, 0.3) is 10.6 Å². The molecule has 1 aliphatic heterocycles. The maximum absolute atomic E-state index is 11.1. The number of rotatable bonds is 2. The van der Waals surface area contributed by atoms with Crippen LogP contribution in [0.4, 0.5) is 0 Å². The summed E-state index contributed by atoms with van der Waals surface area (Å²) in [6.45, 7) is 0.755. The predicted octanol–water partition coefficient (Wildman–Crippen LogP) is 2.26. The van der Waals surface area contributed by atoms with Gasteiger partial charge in [0, 0.05) is 18.7 Å². The molecule has 3 rings (SSSR count). The third kappa shape index (κ3) is 1.76.